The standard InChI is InChI=1S/C9H17N3O4S/c1-7-6-17(15,16)5-4-12(7)9(14)8(13)11-3-2-10/h7H,2-6,10H2,1H3,(H,11,13). The Balaban J connectivity index is 2.62. The van der Waals surface area contributed by atoms with Crippen LogP contribution in [0.15, 0.2) is 0 Å². The molecule has 7 nitrogen and oxygen atoms in total. The van der Waals surface area contributed by atoms with E-state index in [9.17, 15) is 18.0 Å². The molecule has 1 atom stereocenters. The summed E-state index contributed by atoms with van der Waals surface area (Å²) in [5.74, 6) is -1.61. The molecule has 1 fully saturated rings. The second-order valence-corrected chi connectivity index (χ2v) is 6.24. The van der Waals surface area contributed by atoms with Crippen molar-refractivity contribution >= 4 is 21.7 Å². The lowest BCUT2D eigenvalue weighted by atomic mass is 10.3. The first-order valence-corrected chi connectivity index (χ1v) is 7.19. The molecule has 2 amide bonds. The van der Waals surface area contributed by atoms with Crippen LogP contribution < -0.4 is 11.1 Å². The zero-order chi connectivity index (χ0) is 13.1. The van der Waals surface area contributed by atoms with Gasteiger partial charge < -0.3 is 16.0 Å². The van der Waals surface area contributed by atoms with E-state index >= 15 is 0 Å². The molecule has 0 bridgehead atoms. The lowest BCUT2D eigenvalue weighted by molar-refractivity contribution is -0.146. The number of nitrogens with two attached hydrogens (primary N) is 1. The van der Waals surface area contributed by atoms with E-state index in [1.54, 1.807) is 6.92 Å². The zero-order valence-electron chi connectivity index (χ0n) is 9.68. The Hall–Kier alpha value is -1.15. The summed E-state index contributed by atoms with van der Waals surface area (Å²) in [7, 11) is -3.09. The third-order valence-electron chi connectivity index (χ3n) is 2.56. The Bertz CT molecular complexity index is 406. The maximum absolute atomic E-state index is 11.7. The molecule has 0 aromatic carbocycles. The molecule has 0 spiro atoms. The molecule has 3 N–H and O–H groups in total. The topological polar surface area (TPSA) is 110 Å². The molecule has 1 rings (SSSR count). The van der Waals surface area contributed by atoms with Crippen molar-refractivity contribution in [1.82, 2.24) is 10.2 Å². The average Bonchev–Trinajstić information content (AvgIpc) is 2.23. The largest absolute Gasteiger partial charge is 0.347 e. The minimum absolute atomic E-state index is 0.0678. The van der Waals surface area contributed by atoms with E-state index in [4.69, 9.17) is 5.73 Å². The predicted octanol–water partition coefficient (Wildman–Crippen LogP) is -2.29. The van der Waals surface area contributed by atoms with Gasteiger partial charge in [0.1, 0.15) is 0 Å². The Morgan fingerprint density at radius 3 is 2.65 bits per heavy atom. The zero-order valence-corrected chi connectivity index (χ0v) is 10.5. The third kappa shape index (κ3) is 3.67. The molecule has 0 aromatic heterocycles. The van der Waals surface area contributed by atoms with Gasteiger partial charge in [-0.25, -0.2) is 8.42 Å². The van der Waals surface area contributed by atoms with E-state index in [0.29, 0.717) is 0 Å². The van der Waals surface area contributed by atoms with Crippen molar-refractivity contribution in [2.45, 2.75) is 13.0 Å². The number of carbonyl (C=O) groups is 2. The van der Waals surface area contributed by atoms with Crippen LogP contribution in [0.25, 0.3) is 0 Å². The molecule has 1 heterocycles. The summed E-state index contributed by atoms with van der Waals surface area (Å²) in [5, 5.41) is 2.37. The molecular formula is C9H17N3O4S. The van der Waals surface area contributed by atoms with Crippen LogP contribution in [0.2, 0.25) is 0 Å². The summed E-state index contributed by atoms with van der Waals surface area (Å²) in [6.07, 6.45) is 0. The first kappa shape index (κ1) is 13.9. The first-order valence-electron chi connectivity index (χ1n) is 5.36. The van der Waals surface area contributed by atoms with E-state index < -0.39 is 27.7 Å². The van der Waals surface area contributed by atoms with Crippen LogP contribution >= 0.6 is 0 Å². The van der Waals surface area contributed by atoms with E-state index in [1.807, 2.05) is 0 Å². The molecule has 98 valence electrons. The Labute approximate surface area is 100 Å². The van der Waals surface area contributed by atoms with Gasteiger partial charge in [-0.3, -0.25) is 9.59 Å². The molecule has 8 heteroatoms. The number of amides is 2. The molecule has 1 unspecified atom stereocenters. The fourth-order valence-corrected chi connectivity index (χ4v) is 3.25. The first-order chi connectivity index (χ1) is 7.87. The van der Waals surface area contributed by atoms with E-state index in [2.05, 4.69) is 5.32 Å². The predicted molar refractivity (Wildman–Crippen MR) is 61.9 cm³/mol. The molecule has 1 aliphatic heterocycles. The monoisotopic (exact) mass is 263 g/mol. The molecule has 17 heavy (non-hydrogen) atoms. The molecule has 0 aromatic rings. The number of nitrogens with one attached hydrogen (secondary N) is 1. The number of hydrogen-bond acceptors (Lipinski definition) is 5. The highest BCUT2D eigenvalue weighted by Crippen LogP contribution is 2.11. The molecular weight excluding hydrogens is 246 g/mol. The Kier molecular flexibility index (Phi) is 4.47. The summed E-state index contributed by atoms with van der Waals surface area (Å²) in [6, 6.07) is -0.468. The number of hydrogen-bond donors (Lipinski definition) is 2. The molecule has 0 radical (unpaired) electrons. The van der Waals surface area contributed by atoms with Crippen LogP contribution in [0.3, 0.4) is 0 Å². The van der Waals surface area contributed by atoms with Crippen LogP contribution in [0, 0.1) is 0 Å². The Morgan fingerprint density at radius 1 is 1.47 bits per heavy atom. The number of carbonyl (C=O) groups excluding carboxylic acids is 2. The number of rotatable bonds is 2. The fraction of sp³-hybridized carbons (Fsp3) is 0.778. The average molecular weight is 263 g/mol. The minimum Gasteiger partial charge on any atom is -0.347 e. The van der Waals surface area contributed by atoms with Gasteiger partial charge in [-0.1, -0.05) is 0 Å². The van der Waals surface area contributed by atoms with Crippen LogP contribution in [0.5, 0.6) is 0 Å². The molecule has 0 aliphatic carbocycles. The fourth-order valence-electron chi connectivity index (χ4n) is 1.69. The summed E-state index contributed by atoms with van der Waals surface area (Å²) in [4.78, 5) is 24.4. The molecule has 1 saturated heterocycles. The van der Waals surface area contributed by atoms with Gasteiger partial charge in [0.15, 0.2) is 9.84 Å². The van der Waals surface area contributed by atoms with Gasteiger partial charge in [0.05, 0.1) is 11.5 Å². The minimum atomic E-state index is -3.09. The van der Waals surface area contributed by atoms with Crippen molar-refractivity contribution < 1.29 is 18.0 Å². The van der Waals surface area contributed by atoms with Gasteiger partial charge in [0.2, 0.25) is 0 Å². The van der Waals surface area contributed by atoms with E-state index in [-0.39, 0.29) is 31.1 Å². The summed E-state index contributed by atoms with van der Waals surface area (Å²) in [5.41, 5.74) is 5.20. The van der Waals surface area contributed by atoms with Crippen molar-refractivity contribution in [2.24, 2.45) is 5.73 Å². The molecule has 0 saturated carbocycles. The molecule has 1 aliphatic rings. The van der Waals surface area contributed by atoms with Crippen LogP contribution in [-0.2, 0) is 19.4 Å². The van der Waals surface area contributed by atoms with Crippen molar-refractivity contribution in [3.8, 4) is 0 Å². The van der Waals surface area contributed by atoms with Gasteiger partial charge in [-0.05, 0) is 6.92 Å². The van der Waals surface area contributed by atoms with E-state index in [1.165, 1.54) is 4.90 Å². The SMILES string of the molecule is CC1CS(=O)(=O)CCN1C(=O)C(=O)NCCN. The Morgan fingerprint density at radius 2 is 2.12 bits per heavy atom. The van der Waals surface area contributed by atoms with Crippen molar-refractivity contribution in [2.75, 3.05) is 31.1 Å². The van der Waals surface area contributed by atoms with E-state index in [0.717, 1.165) is 0 Å². The summed E-state index contributed by atoms with van der Waals surface area (Å²) in [6.45, 7) is 2.16. The maximum Gasteiger partial charge on any atom is 0.312 e. The number of nitrogens with zero attached hydrogens (tertiary/aromatic N) is 1. The van der Waals surface area contributed by atoms with Crippen molar-refractivity contribution in [3.05, 3.63) is 0 Å². The van der Waals surface area contributed by atoms with Gasteiger partial charge in [0.25, 0.3) is 0 Å². The lowest BCUT2D eigenvalue weighted by Crippen LogP contribution is -2.54. The third-order valence-corrected chi connectivity index (χ3v) is 4.35. The highest BCUT2D eigenvalue weighted by Gasteiger charge is 2.33. The maximum atomic E-state index is 11.7. The second kappa shape index (κ2) is 5.46. The quantitative estimate of drug-likeness (QED) is 0.545. The van der Waals surface area contributed by atoms with Crippen molar-refractivity contribution in [1.29, 1.82) is 0 Å². The van der Waals surface area contributed by atoms with Crippen molar-refractivity contribution in [3.63, 3.8) is 0 Å². The highest BCUT2D eigenvalue weighted by atomic mass is 32.2. The second-order valence-electron chi connectivity index (χ2n) is 4.01. The summed E-state index contributed by atoms with van der Waals surface area (Å²) >= 11 is 0. The van der Waals surface area contributed by atoms with Gasteiger partial charge in [-0.15, -0.1) is 0 Å². The van der Waals surface area contributed by atoms with Gasteiger partial charge in [-0.2, -0.15) is 0 Å². The highest BCUT2D eigenvalue weighted by molar-refractivity contribution is 7.91. The summed E-state index contributed by atoms with van der Waals surface area (Å²) < 4.78 is 22.6. The normalized spacial score (nSPS) is 23.2. The smallest absolute Gasteiger partial charge is 0.312 e. The number of sulfone groups is 1. The van der Waals surface area contributed by atoms with Crippen LogP contribution in [0.1, 0.15) is 6.92 Å². The van der Waals surface area contributed by atoms with Crippen LogP contribution in [-0.4, -0.2) is 62.3 Å². The lowest BCUT2D eigenvalue weighted by Gasteiger charge is -2.32. The van der Waals surface area contributed by atoms with Gasteiger partial charge in [0, 0.05) is 25.7 Å². The van der Waals surface area contributed by atoms with Crippen LogP contribution in [0.4, 0.5) is 0 Å². The van der Waals surface area contributed by atoms with Gasteiger partial charge >= 0.3 is 11.8 Å².